The van der Waals surface area contributed by atoms with Crippen LogP contribution in [0.25, 0.3) is 0 Å². The zero-order valence-electron chi connectivity index (χ0n) is 9.76. The van der Waals surface area contributed by atoms with Crippen LogP contribution in [0.2, 0.25) is 5.02 Å². The summed E-state index contributed by atoms with van der Waals surface area (Å²) in [5.74, 6) is 0.608. The van der Waals surface area contributed by atoms with Gasteiger partial charge in [-0.15, -0.1) is 0 Å². The highest BCUT2D eigenvalue weighted by atomic mass is 35.5. The standard InChI is InChI=1S/C12H14ClFN2S/c1-3-12(2)7-17-11(16-12)15-10-5-8(13)4-9(14)6-10/h4-6H,3,7H2,1-2H3,(H,15,16). The van der Waals surface area contributed by atoms with E-state index in [9.17, 15) is 4.39 Å². The molecule has 1 aromatic carbocycles. The lowest BCUT2D eigenvalue weighted by Gasteiger charge is -2.15. The smallest absolute Gasteiger partial charge is 0.161 e. The van der Waals surface area contributed by atoms with Crippen molar-refractivity contribution in [1.82, 2.24) is 0 Å². The van der Waals surface area contributed by atoms with Gasteiger partial charge in [0.15, 0.2) is 5.17 Å². The van der Waals surface area contributed by atoms with Crippen molar-refractivity contribution in [3.63, 3.8) is 0 Å². The van der Waals surface area contributed by atoms with E-state index < -0.39 is 0 Å². The fraction of sp³-hybridized carbons (Fsp3) is 0.417. The number of benzene rings is 1. The fourth-order valence-corrected chi connectivity index (χ4v) is 2.94. The normalized spacial score (nSPS) is 23.6. The summed E-state index contributed by atoms with van der Waals surface area (Å²) in [6.45, 7) is 4.24. The van der Waals surface area contributed by atoms with Crippen molar-refractivity contribution in [3.05, 3.63) is 29.0 Å². The number of aliphatic imine (C=N–C) groups is 1. The third-order valence-corrected chi connectivity index (χ3v) is 4.22. The maximum absolute atomic E-state index is 13.1. The van der Waals surface area contributed by atoms with Crippen molar-refractivity contribution in [2.24, 2.45) is 4.99 Å². The van der Waals surface area contributed by atoms with Crippen LogP contribution in [0.4, 0.5) is 10.1 Å². The van der Waals surface area contributed by atoms with E-state index in [1.165, 1.54) is 12.1 Å². The Morgan fingerprint density at radius 3 is 2.88 bits per heavy atom. The van der Waals surface area contributed by atoms with Crippen LogP contribution >= 0.6 is 23.4 Å². The molecule has 0 amide bonds. The van der Waals surface area contributed by atoms with Crippen molar-refractivity contribution in [2.75, 3.05) is 11.1 Å². The second kappa shape index (κ2) is 4.86. The monoisotopic (exact) mass is 272 g/mol. The minimum Gasteiger partial charge on any atom is -0.335 e. The molecule has 0 spiro atoms. The van der Waals surface area contributed by atoms with Crippen molar-refractivity contribution >= 4 is 34.2 Å². The molecule has 1 aliphatic heterocycles. The molecule has 5 heteroatoms. The van der Waals surface area contributed by atoms with E-state index in [0.29, 0.717) is 10.7 Å². The van der Waals surface area contributed by atoms with Crippen molar-refractivity contribution < 1.29 is 4.39 Å². The van der Waals surface area contributed by atoms with Crippen LogP contribution in [-0.4, -0.2) is 16.5 Å². The van der Waals surface area contributed by atoms with Crippen LogP contribution in [0, 0.1) is 5.82 Å². The van der Waals surface area contributed by atoms with Gasteiger partial charge in [-0.05, 0) is 31.5 Å². The summed E-state index contributed by atoms with van der Waals surface area (Å²) in [5.41, 5.74) is 0.631. The minimum absolute atomic E-state index is 0.00980. The number of hydrogen-bond donors (Lipinski definition) is 1. The SMILES string of the molecule is CCC1(C)CSC(Nc2cc(F)cc(Cl)c2)=N1. The Morgan fingerprint density at radius 1 is 1.53 bits per heavy atom. The predicted octanol–water partition coefficient (Wildman–Crippen LogP) is 4.16. The Morgan fingerprint density at radius 2 is 2.29 bits per heavy atom. The Labute approximate surface area is 110 Å². The summed E-state index contributed by atoms with van der Waals surface area (Å²) in [6, 6.07) is 4.39. The average Bonchev–Trinajstić information content (AvgIpc) is 2.59. The minimum atomic E-state index is -0.346. The van der Waals surface area contributed by atoms with Crippen LogP contribution in [-0.2, 0) is 0 Å². The summed E-state index contributed by atoms with van der Waals surface area (Å²) in [7, 11) is 0. The van der Waals surface area contributed by atoms with E-state index in [0.717, 1.165) is 17.3 Å². The molecular formula is C12H14ClFN2S. The lowest BCUT2D eigenvalue weighted by molar-refractivity contribution is 0.523. The molecule has 0 bridgehead atoms. The van der Waals surface area contributed by atoms with Crippen LogP contribution in [0.15, 0.2) is 23.2 Å². The Kier molecular flexibility index (Phi) is 3.64. The van der Waals surface area contributed by atoms with Crippen LogP contribution in [0.5, 0.6) is 0 Å². The van der Waals surface area contributed by atoms with Gasteiger partial charge in [-0.3, -0.25) is 4.99 Å². The first-order valence-electron chi connectivity index (χ1n) is 5.46. The summed E-state index contributed by atoms with van der Waals surface area (Å²) in [5, 5.41) is 4.31. The van der Waals surface area contributed by atoms with E-state index in [1.807, 2.05) is 0 Å². The third kappa shape index (κ3) is 3.13. The van der Waals surface area contributed by atoms with Gasteiger partial charge in [0.2, 0.25) is 0 Å². The van der Waals surface area contributed by atoms with E-state index in [-0.39, 0.29) is 11.4 Å². The van der Waals surface area contributed by atoms with E-state index in [4.69, 9.17) is 11.6 Å². The number of halogens is 2. The number of rotatable bonds is 2. The topological polar surface area (TPSA) is 24.4 Å². The summed E-state index contributed by atoms with van der Waals surface area (Å²) in [4.78, 5) is 4.60. The number of anilines is 1. The van der Waals surface area contributed by atoms with Gasteiger partial charge >= 0.3 is 0 Å². The predicted molar refractivity (Wildman–Crippen MR) is 73.6 cm³/mol. The van der Waals surface area contributed by atoms with Gasteiger partial charge in [0.1, 0.15) is 5.82 Å². The molecule has 0 saturated heterocycles. The first-order chi connectivity index (χ1) is 8.00. The molecule has 1 aromatic rings. The first kappa shape index (κ1) is 12.7. The number of amidine groups is 1. The molecular weight excluding hydrogens is 259 g/mol. The highest BCUT2D eigenvalue weighted by Gasteiger charge is 2.28. The third-order valence-electron chi connectivity index (χ3n) is 2.77. The quantitative estimate of drug-likeness (QED) is 0.874. The second-order valence-electron chi connectivity index (χ2n) is 4.34. The molecule has 2 nitrogen and oxygen atoms in total. The maximum Gasteiger partial charge on any atom is 0.161 e. The molecule has 1 unspecified atom stereocenters. The van der Waals surface area contributed by atoms with Gasteiger partial charge in [-0.1, -0.05) is 30.3 Å². The lowest BCUT2D eigenvalue weighted by atomic mass is 10.0. The van der Waals surface area contributed by atoms with Gasteiger partial charge in [0.25, 0.3) is 0 Å². The second-order valence-corrected chi connectivity index (χ2v) is 5.74. The van der Waals surface area contributed by atoms with Crippen molar-refractivity contribution in [3.8, 4) is 0 Å². The van der Waals surface area contributed by atoms with Crippen LogP contribution in [0.1, 0.15) is 20.3 Å². The molecule has 1 atom stereocenters. The Bertz CT molecular complexity index is 444. The van der Waals surface area contributed by atoms with Gasteiger partial charge in [0, 0.05) is 16.5 Å². The van der Waals surface area contributed by atoms with Gasteiger partial charge in [0.05, 0.1) is 5.54 Å². The Balaban J connectivity index is 2.14. The maximum atomic E-state index is 13.1. The zero-order valence-corrected chi connectivity index (χ0v) is 11.3. The molecule has 0 aliphatic carbocycles. The van der Waals surface area contributed by atoms with Crippen molar-refractivity contribution in [1.29, 1.82) is 0 Å². The summed E-state index contributed by atoms with van der Waals surface area (Å²) >= 11 is 7.45. The molecule has 0 radical (unpaired) electrons. The number of nitrogens with one attached hydrogen (secondary N) is 1. The molecule has 17 heavy (non-hydrogen) atoms. The molecule has 0 aromatic heterocycles. The number of thioether (sulfide) groups is 1. The molecule has 2 rings (SSSR count). The molecule has 1 heterocycles. The van der Waals surface area contributed by atoms with E-state index in [1.54, 1.807) is 17.8 Å². The largest absolute Gasteiger partial charge is 0.335 e. The van der Waals surface area contributed by atoms with Crippen molar-refractivity contribution in [2.45, 2.75) is 25.8 Å². The van der Waals surface area contributed by atoms with Gasteiger partial charge < -0.3 is 5.32 Å². The molecule has 1 N–H and O–H groups in total. The summed E-state index contributed by atoms with van der Waals surface area (Å²) < 4.78 is 13.1. The number of hydrogen-bond acceptors (Lipinski definition) is 3. The first-order valence-corrected chi connectivity index (χ1v) is 6.83. The molecule has 0 saturated carbocycles. The number of nitrogens with zero attached hydrogens (tertiary/aromatic N) is 1. The van der Waals surface area contributed by atoms with Gasteiger partial charge in [-0.2, -0.15) is 0 Å². The van der Waals surface area contributed by atoms with Gasteiger partial charge in [-0.25, -0.2) is 4.39 Å². The highest BCUT2D eigenvalue weighted by molar-refractivity contribution is 8.14. The van der Waals surface area contributed by atoms with Crippen LogP contribution < -0.4 is 5.32 Å². The summed E-state index contributed by atoms with van der Waals surface area (Å²) in [6.07, 6.45) is 0.995. The highest BCUT2D eigenvalue weighted by Crippen LogP contribution is 2.31. The fourth-order valence-electron chi connectivity index (χ4n) is 1.53. The molecule has 92 valence electrons. The van der Waals surface area contributed by atoms with E-state index >= 15 is 0 Å². The zero-order chi connectivity index (χ0) is 12.5. The van der Waals surface area contributed by atoms with Crippen LogP contribution in [0.3, 0.4) is 0 Å². The van der Waals surface area contributed by atoms with E-state index in [2.05, 4.69) is 24.2 Å². The molecule has 1 aliphatic rings. The Hall–Kier alpha value is -0.740. The molecule has 0 fully saturated rings. The lowest BCUT2D eigenvalue weighted by Crippen LogP contribution is -2.20. The average molecular weight is 273 g/mol.